The molecule has 8 nitrogen and oxygen atoms in total. The fraction of sp³-hybridized carbons (Fsp3) is 0.800. The molecular weight excluding hydrogens is 494 g/mol. The van der Waals surface area contributed by atoms with Crippen molar-refractivity contribution in [1.82, 2.24) is 10.9 Å². The van der Waals surface area contributed by atoms with Crippen molar-refractivity contribution in [1.29, 1.82) is 0 Å². The first-order valence-corrected chi connectivity index (χ1v) is 8.94. The van der Waals surface area contributed by atoms with E-state index in [0.29, 0.717) is 0 Å². The van der Waals surface area contributed by atoms with Gasteiger partial charge in [-0.05, 0) is 12.8 Å². The molecule has 124 valence electrons. The number of carboxylic acid groups (broad SMARTS) is 2. The minimum Gasteiger partial charge on any atom is -0.550 e. The summed E-state index contributed by atoms with van der Waals surface area (Å²) >= 11 is 4.57. The van der Waals surface area contributed by atoms with Crippen LogP contribution in [0.5, 0.6) is 0 Å². The molecule has 0 aliphatic carbocycles. The van der Waals surface area contributed by atoms with Crippen LogP contribution in [0.2, 0.25) is 0 Å². The summed E-state index contributed by atoms with van der Waals surface area (Å²) < 4.78 is 2.28. The van der Waals surface area contributed by atoms with Gasteiger partial charge in [0.15, 0.2) is 0 Å². The highest BCUT2D eigenvalue weighted by molar-refractivity contribution is 14.1. The number of carboxylic acids is 2. The van der Waals surface area contributed by atoms with Gasteiger partial charge in [0.2, 0.25) is 0 Å². The number of quaternary nitrogens is 2. The van der Waals surface area contributed by atoms with Crippen molar-refractivity contribution in [2.45, 2.75) is 26.7 Å². The summed E-state index contributed by atoms with van der Waals surface area (Å²) in [7, 11) is 0. The van der Waals surface area contributed by atoms with Gasteiger partial charge in [0.1, 0.15) is 0 Å². The maximum absolute atomic E-state index is 9.26. The van der Waals surface area contributed by atoms with Gasteiger partial charge in [-0.15, -0.1) is 0 Å². The minimum absolute atomic E-state index is 0.111. The zero-order valence-corrected chi connectivity index (χ0v) is 16.4. The van der Waals surface area contributed by atoms with E-state index in [1.807, 2.05) is 0 Å². The first-order chi connectivity index (χ1) is 9.37. The van der Waals surface area contributed by atoms with E-state index in [1.165, 1.54) is 13.8 Å². The van der Waals surface area contributed by atoms with Crippen molar-refractivity contribution >= 4 is 57.1 Å². The number of hydrogen-bond acceptors (Lipinski definition) is 6. The Morgan fingerprint density at radius 1 is 0.900 bits per heavy atom. The predicted molar refractivity (Wildman–Crippen MR) is 90.2 cm³/mol. The summed E-state index contributed by atoms with van der Waals surface area (Å²) in [6.45, 7) is 5.10. The van der Waals surface area contributed by atoms with Crippen LogP contribution < -0.4 is 32.7 Å². The Morgan fingerprint density at radius 2 is 1.10 bits per heavy atom. The molecule has 0 atom stereocenters. The van der Waals surface area contributed by atoms with Gasteiger partial charge in [0, 0.05) is 20.8 Å². The Kier molecular flexibility index (Phi) is 44.8. The number of carbonyl (C=O) groups is 2. The molecule has 20 heavy (non-hydrogen) atoms. The highest BCUT2D eigenvalue weighted by Gasteiger charge is 1.70. The van der Waals surface area contributed by atoms with Crippen LogP contribution >= 0.6 is 45.2 Å². The number of halogens is 2. The van der Waals surface area contributed by atoms with Crippen molar-refractivity contribution in [3.63, 3.8) is 0 Å². The largest absolute Gasteiger partial charge is 0.550 e. The molecule has 0 saturated carbocycles. The number of carbonyl (C=O) groups excluding carboxylic acids is 2. The average Bonchev–Trinajstić information content (AvgIpc) is 2.42. The topological polar surface area (TPSA) is 160 Å². The van der Waals surface area contributed by atoms with E-state index >= 15 is 0 Å². The summed E-state index contributed by atoms with van der Waals surface area (Å²) in [4.78, 5) is 18.5. The zero-order chi connectivity index (χ0) is 16.8. The first-order valence-electron chi connectivity index (χ1n) is 5.89. The molecule has 0 fully saturated rings. The van der Waals surface area contributed by atoms with E-state index in [-0.39, 0.29) is 12.8 Å². The molecule has 0 aromatic carbocycles. The minimum atomic E-state index is -0.995. The standard InChI is InChI=1S/2C3H6O2.2C2H7IN2/c2*1-2-3(4)5;2*3-1-2-5-4/h2*2H2,1H3,(H,4,5);2*5H,1-2,4H2. The van der Waals surface area contributed by atoms with E-state index in [2.05, 4.69) is 67.7 Å². The quantitative estimate of drug-likeness (QED) is 0.163. The normalized spacial score (nSPS) is 7.90. The van der Waals surface area contributed by atoms with E-state index in [4.69, 9.17) is 0 Å². The van der Waals surface area contributed by atoms with Gasteiger partial charge in [0.25, 0.3) is 0 Å². The molecule has 10 heteroatoms. The van der Waals surface area contributed by atoms with Crippen molar-refractivity contribution in [3.8, 4) is 0 Å². The highest BCUT2D eigenvalue weighted by Crippen LogP contribution is 1.71. The lowest BCUT2D eigenvalue weighted by Crippen LogP contribution is -2.65. The summed E-state index contributed by atoms with van der Waals surface area (Å²) in [6.07, 6.45) is 0.222. The Bertz CT molecular complexity index is 176. The lowest BCUT2D eigenvalue weighted by molar-refractivity contribution is -0.441. The van der Waals surface area contributed by atoms with Crippen LogP contribution in [0.4, 0.5) is 0 Å². The highest BCUT2D eigenvalue weighted by atomic mass is 127. The maximum atomic E-state index is 9.26. The molecule has 0 unspecified atom stereocenters. The van der Waals surface area contributed by atoms with E-state index in [9.17, 15) is 19.8 Å². The average molecular weight is 520 g/mol. The van der Waals surface area contributed by atoms with Crippen molar-refractivity contribution < 1.29 is 31.5 Å². The molecule has 8 N–H and O–H groups in total. The second-order valence-electron chi connectivity index (χ2n) is 2.83. The van der Waals surface area contributed by atoms with Crippen LogP contribution in [0.1, 0.15) is 26.7 Å². The lowest BCUT2D eigenvalue weighted by atomic mass is 10.5. The summed E-state index contributed by atoms with van der Waals surface area (Å²) in [6, 6.07) is 0. The van der Waals surface area contributed by atoms with Crippen molar-refractivity contribution in [2.24, 2.45) is 0 Å². The molecule has 0 aromatic rings. The summed E-state index contributed by atoms with van der Waals surface area (Å²) in [5.74, 6) is 4.85. The van der Waals surface area contributed by atoms with Gasteiger partial charge in [0.05, 0.1) is 13.1 Å². The van der Waals surface area contributed by atoms with Gasteiger partial charge in [-0.25, -0.2) is 0 Å². The number of aliphatic carboxylic acids is 2. The third kappa shape index (κ3) is 79.8. The molecule has 0 aliphatic heterocycles. The molecule has 0 aliphatic rings. The van der Waals surface area contributed by atoms with Gasteiger partial charge in [-0.2, -0.15) is 10.9 Å². The molecule has 0 spiro atoms. The molecule has 0 saturated heterocycles. The Labute approximate surface area is 147 Å². The molecule has 0 bridgehead atoms. The van der Waals surface area contributed by atoms with Crippen LogP contribution in [0.25, 0.3) is 0 Å². The van der Waals surface area contributed by atoms with Gasteiger partial charge < -0.3 is 19.8 Å². The second kappa shape index (κ2) is 31.6. The first kappa shape index (κ1) is 28.4. The number of nitrogens with one attached hydrogen (secondary N) is 2. The van der Waals surface area contributed by atoms with Gasteiger partial charge in [-0.1, -0.05) is 59.0 Å². The fourth-order valence-corrected chi connectivity index (χ4v) is 0.896. The summed E-state index contributed by atoms with van der Waals surface area (Å²) in [5, 5.41) is 18.5. The number of hydrogen-bond donors (Lipinski definition) is 4. The maximum Gasteiger partial charge on any atom is 0.0532 e. The van der Waals surface area contributed by atoms with E-state index < -0.39 is 11.9 Å². The van der Waals surface area contributed by atoms with Crippen LogP contribution in [0.15, 0.2) is 0 Å². The molecule has 0 heterocycles. The lowest BCUT2D eigenvalue weighted by Gasteiger charge is -1.87. The Balaban J connectivity index is -0.0000000853. The van der Waals surface area contributed by atoms with E-state index in [1.54, 1.807) is 0 Å². The van der Waals surface area contributed by atoms with Crippen molar-refractivity contribution in [2.75, 3.05) is 21.9 Å². The van der Waals surface area contributed by atoms with Crippen molar-refractivity contribution in [3.05, 3.63) is 0 Å². The number of rotatable bonds is 6. The molecular formula is C10H26I2N4O4. The monoisotopic (exact) mass is 520 g/mol. The van der Waals surface area contributed by atoms with Crippen LogP contribution in [-0.2, 0) is 9.59 Å². The molecule has 0 radical (unpaired) electrons. The summed E-state index contributed by atoms with van der Waals surface area (Å²) in [5.41, 5.74) is 5.52. The van der Waals surface area contributed by atoms with Gasteiger partial charge in [-0.3, -0.25) is 11.7 Å². The zero-order valence-electron chi connectivity index (χ0n) is 12.0. The van der Waals surface area contributed by atoms with Gasteiger partial charge >= 0.3 is 0 Å². The predicted octanol–water partition coefficient (Wildman–Crippen LogP) is -3.37. The van der Waals surface area contributed by atoms with E-state index in [0.717, 1.165) is 21.9 Å². The third-order valence-electron chi connectivity index (χ3n) is 1.12. The fourth-order valence-electron chi connectivity index (χ4n) is 0.134. The van der Waals surface area contributed by atoms with Crippen LogP contribution in [0.3, 0.4) is 0 Å². The molecule has 0 amide bonds. The molecule has 0 aromatic heterocycles. The smallest absolute Gasteiger partial charge is 0.0532 e. The number of alkyl halides is 2. The Hall–Kier alpha value is 0.240. The molecule has 0 rings (SSSR count). The Morgan fingerprint density at radius 3 is 1.10 bits per heavy atom. The van der Waals surface area contributed by atoms with Crippen LogP contribution in [-0.4, -0.2) is 33.9 Å². The third-order valence-corrected chi connectivity index (χ3v) is 2.20. The SMILES string of the molecule is CCC(=O)[O-].CCC(=O)[O-].[NH3+]NCCI.[NH3+]NCCI. The van der Waals surface area contributed by atoms with Crippen LogP contribution in [0, 0.1) is 0 Å². The second-order valence-corrected chi connectivity index (χ2v) is 4.99.